The molecule has 1 aliphatic heterocycles. The summed E-state index contributed by atoms with van der Waals surface area (Å²) in [6.45, 7) is 5.79. The van der Waals surface area contributed by atoms with Crippen molar-refractivity contribution in [1.82, 2.24) is 14.9 Å². The fraction of sp³-hybridized carbons (Fsp3) is 0.179. The summed E-state index contributed by atoms with van der Waals surface area (Å²) in [5.74, 6) is -0.0995. The van der Waals surface area contributed by atoms with E-state index < -0.39 is 0 Å². The Hall–Kier alpha value is -3.97. The van der Waals surface area contributed by atoms with Gasteiger partial charge in [0.25, 0.3) is 0 Å². The molecule has 4 aromatic rings. The third-order valence-corrected chi connectivity index (χ3v) is 6.68. The van der Waals surface area contributed by atoms with E-state index >= 15 is 0 Å². The Labute approximate surface area is 210 Å². The van der Waals surface area contributed by atoms with Crippen molar-refractivity contribution in [3.63, 3.8) is 0 Å². The van der Waals surface area contributed by atoms with E-state index in [-0.39, 0.29) is 18.0 Å². The van der Waals surface area contributed by atoms with E-state index in [0.717, 1.165) is 34.1 Å². The molecular formula is C28H27N5OS. The van der Waals surface area contributed by atoms with Gasteiger partial charge in [0.15, 0.2) is 5.11 Å². The Kier molecular flexibility index (Phi) is 6.09. The number of anilines is 2. The number of benzene rings is 2. The van der Waals surface area contributed by atoms with Gasteiger partial charge in [-0.05, 0) is 86.2 Å². The van der Waals surface area contributed by atoms with Crippen LogP contribution in [0.15, 0.2) is 85.1 Å². The molecule has 5 rings (SSSR count). The molecule has 1 fully saturated rings. The van der Waals surface area contributed by atoms with Crippen molar-refractivity contribution in [3.05, 3.63) is 108 Å². The second-order valence-electron chi connectivity index (χ2n) is 8.72. The van der Waals surface area contributed by atoms with Crippen LogP contribution in [0.5, 0.6) is 0 Å². The van der Waals surface area contributed by atoms with Crippen LogP contribution in [0.1, 0.15) is 41.7 Å². The summed E-state index contributed by atoms with van der Waals surface area (Å²) in [4.78, 5) is 18.3. The van der Waals surface area contributed by atoms with Gasteiger partial charge in [0.2, 0.25) is 5.91 Å². The lowest BCUT2D eigenvalue weighted by atomic mass is 9.96. The molecule has 1 saturated heterocycles. The highest BCUT2D eigenvalue weighted by molar-refractivity contribution is 7.80. The number of carbonyl (C=O) groups excluding carboxylic acids is 1. The SMILES string of the molecule is CC(=O)Nc1ccc(N2C(=S)N[C@H](c3ccccn3)[C@@H]2c2cc(C)n(-c3ccccc3)c2C)cc1. The van der Waals surface area contributed by atoms with E-state index in [2.05, 4.69) is 69.3 Å². The number of rotatable bonds is 5. The molecule has 1 aliphatic rings. The van der Waals surface area contributed by atoms with Crippen LogP contribution in [0.3, 0.4) is 0 Å². The Bertz CT molecular complexity index is 1370. The topological polar surface area (TPSA) is 62.2 Å². The van der Waals surface area contributed by atoms with Crippen LogP contribution in [-0.2, 0) is 4.79 Å². The minimum atomic E-state index is -0.122. The zero-order valence-electron chi connectivity index (χ0n) is 19.9. The van der Waals surface area contributed by atoms with Crippen molar-refractivity contribution in [2.24, 2.45) is 0 Å². The largest absolute Gasteiger partial charge is 0.351 e. The molecule has 0 bridgehead atoms. The van der Waals surface area contributed by atoms with Crippen LogP contribution >= 0.6 is 12.2 Å². The van der Waals surface area contributed by atoms with Gasteiger partial charge in [-0.3, -0.25) is 9.78 Å². The standard InChI is InChI=1S/C28H27N5OS/c1-18-17-24(19(2)32(18)22-9-5-4-6-10-22)27-26(25-11-7-8-16-29-25)31-28(35)33(27)23-14-12-21(13-15-23)30-20(3)34/h4-17,26-27H,1-3H3,(H,30,34)(H,31,35)/t26-,27+/m1/s1. The number of nitrogens with one attached hydrogen (secondary N) is 2. The molecule has 6 nitrogen and oxygen atoms in total. The minimum Gasteiger partial charge on any atom is -0.351 e. The maximum absolute atomic E-state index is 11.5. The Balaban J connectivity index is 1.63. The average Bonchev–Trinajstić information content (AvgIpc) is 3.35. The van der Waals surface area contributed by atoms with Gasteiger partial charge < -0.3 is 20.1 Å². The number of carbonyl (C=O) groups is 1. The van der Waals surface area contributed by atoms with Crippen molar-refractivity contribution < 1.29 is 4.79 Å². The molecular weight excluding hydrogens is 454 g/mol. The van der Waals surface area contributed by atoms with Crippen molar-refractivity contribution in [1.29, 1.82) is 0 Å². The number of hydrogen-bond acceptors (Lipinski definition) is 3. The highest BCUT2D eigenvalue weighted by atomic mass is 32.1. The van der Waals surface area contributed by atoms with Crippen molar-refractivity contribution in [2.75, 3.05) is 10.2 Å². The lowest BCUT2D eigenvalue weighted by Gasteiger charge is -2.28. The predicted octanol–water partition coefficient (Wildman–Crippen LogP) is 5.62. The van der Waals surface area contributed by atoms with Crippen LogP contribution < -0.4 is 15.5 Å². The molecule has 0 saturated carbocycles. The highest BCUT2D eigenvalue weighted by Crippen LogP contribution is 2.43. The number of pyridine rings is 1. The molecule has 0 spiro atoms. The Morgan fingerprint density at radius 3 is 2.34 bits per heavy atom. The highest BCUT2D eigenvalue weighted by Gasteiger charge is 2.42. The van der Waals surface area contributed by atoms with Gasteiger partial charge in [0, 0.05) is 41.6 Å². The normalized spacial score (nSPS) is 17.3. The van der Waals surface area contributed by atoms with Crippen molar-refractivity contribution in [3.8, 4) is 5.69 Å². The summed E-state index contributed by atoms with van der Waals surface area (Å²) < 4.78 is 2.28. The summed E-state index contributed by atoms with van der Waals surface area (Å²) in [5.41, 5.74) is 7.25. The van der Waals surface area contributed by atoms with E-state index in [1.54, 1.807) is 0 Å². The molecule has 2 N–H and O–H groups in total. The molecule has 35 heavy (non-hydrogen) atoms. The summed E-state index contributed by atoms with van der Waals surface area (Å²) >= 11 is 5.87. The van der Waals surface area contributed by atoms with Crippen LogP contribution in [0, 0.1) is 13.8 Å². The molecule has 2 atom stereocenters. The number of para-hydroxylation sites is 1. The maximum atomic E-state index is 11.5. The summed E-state index contributed by atoms with van der Waals surface area (Å²) in [5, 5.41) is 7.00. The average molecular weight is 482 g/mol. The molecule has 3 heterocycles. The third-order valence-electron chi connectivity index (χ3n) is 6.37. The number of aromatic nitrogens is 2. The number of hydrogen-bond donors (Lipinski definition) is 2. The first-order valence-electron chi connectivity index (χ1n) is 11.6. The van der Waals surface area contributed by atoms with Gasteiger partial charge in [-0.1, -0.05) is 24.3 Å². The molecule has 0 radical (unpaired) electrons. The van der Waals surface area contributed by atoms with Crippen molar-refractivity contribution in [2.45, 2.75) is 32.9 Å². The zero-order valence-corrected chi connectivity index (χ0v) is 20.7. The van der Waals surface area contributed by atoms with Crippen molar-refractivity contribution >= 4 is 34.6 Å². The van der Waals surface area contributed by atoms with Gasteiger partial charge in [-0.15, -0.1) is 0 Å². The zero-order chi connectivity index (χ0) is 24.5. The van der Waals surface area contributed by atoms with Crippen LogP contribution in [0.2, 0.25) is 0 Å². The monoisotopic (exact) mass is 481 g/mol. The summed E-state index contributed by atoms with van der Waals surface area (Å²) in [6, 6.07) is 26.1. The number of amides is 1. The lowest BCUT2D eigenvalue weighted by molar-refractivity contribution is -0.114. The first-order valence-corrected chi connectivity index (χ1v) is 12.0. The fourth-order valence-electron chi connectivity index (χ4n) is 4.92. The van der Waals surface area contributed by atoms with E-state index in [0.29, 0.717) is 5.11 Å². The molecule has 0 unspecified atom stereocenters. The first-order chi connectivity index (χ1) is 16.9. The second kappa shape index (κ2) is 9.35. The Morgan fingerprint density at radius 2 is 1.69 bits per heavy atom. The van der Waals surface area contributed by atoms with E-state index in [4.69, 9.17) is 12.2 Å². The number of nitrogens with zero attached hydrogens (tertiary/aromatic N) is 3. The first kappa shape index (κ1) is 22.8. The summed E-state index contributed by atoms with van der Waals surface area (Å²) in [6.07, 6.45) is 1.81. The van der Waals surface area contributed by atoms with Crippen LogP contribution in [0.4, 0.5) is 11.4 Å². The van der Waals surface area contributed by atoms with Crippen LogP contribution in [-0.4, -0.2) is 20.6 Å². The van der Waals surface area contributed by atoms with E-state index in [1.807, 2.05) is 54.7 Å². The lowest BCUT2D eigenvalue weighted by Crippen LogP contribution is -2.29. The minimum absolute atomic E-state index is 0.0995. The molecule has 7 heteroatoms. The smallest absolute Gasteiger partial charge is 0.221 e. The molecule has 176 valence electrons. The number of thiocarbonyl (C=S) groups is 1. The van der Waals surface area contributed by atoms with E-state index in [9.17, 15) is 4.79 Å². The molecule has 2 aromatic carbocycles. The van der Waals surface area contributed by atoms with E-state index in [1.165, 1.54) is 12.5 Å². The van der Waals surface area contributed by atoms with Gasteiger partial charge >= 0.3 is 0 Å². The van der Waals surface area contributed by atoms with Crippen LogP contribution in [0.25, 0.3) is 5.69 Å². The van der Waals surface area contributed by atoms with Gasteiger partial charge in [0.1, 0.15) is 0 Å². The quantitative estimate of drug-likeness (QED) is 0.362. The third kappa shape index (κ3) is 4.31. The molecule has 0 aliphatic carbocycles. The molecule has 2 aromatic heterocycles. The van der Waals surface area contributed by atoms with Gasteiger partial charge in [-0.2, -0.15) is 0 Å². The number of aryl methyl sites for hydroxylation is 1. The predicted molar refractivity (Wildman–Crippen MR) is 144 cm³/mol. The molecule has 1 amide bonds. The second-order valence-corrected chi connectivity index (χ2v) is 9.11. The summed E-state index contributed by atoms with van der Waals surface area (Å²) in [7, 11) is 0. The van der Waals surface area contributed by atoms with Gasteiger partial charge in [-0.25, -0.2) is 0 Å². The fourth-order valence-corrected chi connectivity index (χ4v) is 5.27. The van der Waals surface area contributed by atoms with Gasteiger partial charge in [0.05, 0.1) is 17.8 Å². The maximum Gasteiger partial charge on any atom is 0.221 e. The Morgan fingerprint density at radius 1 is 0.971 bits per heavy atom.